The van der Waals surface area contributed by atoms with Gasteiger partial charge in [0.2, 0.25) is 0 Å². The van der Waals surface area contributed by atoms with E-state index in [0.29, 0.717) is 25.5 Å². The summed E-state index contributed by atoms with van der Waals surface area (Å²) >= 11 is 0. The molecule has 0 aliphatic carbocycles. The fourth-order valence-electron chi connectivity index (χ4n) is 2.02. The number of aromatic nitrogens is 1. The fourth-order valence-corrected chi connectivity index (χ4v) is 2.02. The van der Waals surface area contributed by atoms with Gasteiger partial charge in [-0.3, -0.25) is 5.32 Å². The Morgan fingerprint density at radius 1 is 1.60 bits per heavy atom. The van der Waals surface area contributed by atoms with Crippen molar-refractivity contribution in [2.45, 2.75) is 26.2 Å². The van der Waals surface area contributed by atoms with E-state index in [-0.39, 0.29) is 11.9 Å². The third-order valence-electron chi connectivity index (χ3n) is 3.25. The monoisotopic (exact) mass is 279 g/mol. The zero-order valence-corrected chi connectivity index (χ0v) is 12.2. The number of nitrogens with one attached hydrogen (secondary N) is 1. The van der Waals surface area contributed by atoms with Crippen molar-refractivity contribution < 1.29 is 14.1 Å². The molecule has 2 amide bonds. The molecule has 1 aliphatic heterocycles. The fraction of sp³-hybridized carbons (Fsp3) is 0.571. The molecular weight excluding hydrogens is 258 g/mol. The number of hydrogen-bond donors (Lipinski definition) is 1. The lowest BCUT2D eigenvalue weighted by Crippen LogP contribution is -2.38. The van der Waals surface area contributed by atoms with Crippen molar-refractivity contribution in [3.8, 4) is 0 Å². The van der Waals surface area contributed by atoms with Gasteiger partial charge < -0.3 is 14.2 Å². The molecule has 0 atom stereocenters. The summed E-state index contributed by atoms with van der Waals surface area (Å²) in [4.78, 5) is 13.8. The molecule has 0 bridgehead atoms. The van der Waals surface area contributed by atoms with E-state index in [2.05, 4.69) is 10.5 Å². The molecule has 2 heterocycles. The number of hydrogen-bond acceptors (Lipinski definition) is 4. The normalized spacial score (nSPS) is 15.4. The Morgan fingerprint density at radius 2 is 2.40 bits per heavy atom. The van der Waals surface area contributed by atoms with Crippen LogP contribution < -0.4 is 5.32 Å². The summed E-state index contributed by atoms with van der Waals surface area (Å²) < 4.78 is 10.2. The van der Waals surface area contributed by atoms with Crippen LogP contribution in [0.1, 0.15) is 31.9 Å². The van der Waals surface area contributed by atoms with Crippen LogP contribution in [0.15, 0.2) is 22.2 Å². The Hall–Kier alpha value is -1.82. The van der Waals surface area contributed by atoms with Gasteiger partial charge in [0.05, 0.1) is 6.61 Å². The first-order valence-corrected chi connectivity index (χ1v) is 6.79. The minimum atomic E-state index is -0.152. The van der Waals surface area contributed by atoms with Crippen molar-refractivity contribution in [1.82, 2.24) is 10.1 Å². The minimum Gasteiger partial charge on any atom is -0.380 e. The minimum absolute atomic E-state index is 0.152. The first-order valence-electron chi connectivity index (χ1n) is 6.79. The molecule has 6 nitrogen and oxygen atoms in total. The third kappa shape index (κ3) is 3.60. The molecule has 2 rings (SSSR count). The zero-order valence-electron chi connectivity index (χ0n) is 12.2. The molecule has 20 heavy (non-hydrogen) atoms. The van der Waals surface area contributed by atoms with Crippen LogP contribution in [0.25, 0.3) is 0 Å². The second-order valence-electron chi connectivity index (χ2n) is 5.19. The number of urea groups is 1. The van der Waals surface area contributed by atoms with Crippen molar-refractivity contribution in [3.05, 3.63) is 23.5 Å². The maximum atomic E-state index is 12.1. The highest BCUT2D eigenvalue weighted by Crippen LogP contribution is 2.18. The standard InChI is InChI=1S/C14H21N3O3/c1-10(2)12-8-13(16-20-12)15-14(18)17-6-4-11(5-7-17)9-19-3/h4,8,10H,5-7,9H2,1-3H3,(H,15,16,18). The molecule has 0 saturated heterocycles. The maximum absolute atomic E-state index is 12.1. The van der Waals surface area contributed by atoms with Crippen molar-refractivity contribution in [2.24, 2.45) is 0 Å². The van der Waals surface area contributed by atoms with Crippen LogP contribution in [-0.2, 0) is 4.74 Å². The third-order valence-corrected chi connectivity index (χ3v) is 3.25. The summed E-state index contributed by atoms with van der Waals surface area (Å²) in [5, 5.41) is 6.60. The predicted molar refractivity (Wildman–Crippen MR) is 75.8 cm³/mol. The number of anilines is 1. The summed E-state index contributed by atoms with van der Waals surface area (Å²) in [7, 11) is 1.68. The molecule has 0 saturated carbocycles. The summed E-state index contributed by atoms with van der Waals surface area (Å²) in [5.74, 6) is 1.48. The predicted octanol–water partition coefficient (Wildman–Crippen LogP) is 2.61. The highest BCUT2D eigenvalue weighted by atomic mass is 16.5. The van der Waals surface area contributed by atoms with Gasteiger partial charge in [0.15, 0.2) is 5.82 Å². The van der Waals surface area contributed by atoms with Gasteiger partial charge in [0.1, 0.15) is 5.76 Å². The quantitative estimate of drug-likeness (QED) is 0.860. The average Bonchev–Trinajstić information content (AvgIpc) is 2.88. The number of carbonyl (C=O) groups excluding carboxylic acids is 1. The van der Waals surface area contributed by atoms with Crippen molar-refractivity contribution >= 4 is 11.8 Å². The van der Waals surface area contributed by atoms with E-state index in [1.807, 2.05) is 19.9 Å². The van der Waals surface area contributed by atoms with Crippen LogP contribution in [0.2, 0.25) is 0 Å². The summed E-state index contributed by atoms with van der Waals surface area (Å²) in [6, 6.07) is 1.61. The number of rotatable bonds is 4. The number of carbonyl (C=O) groups is 1. The molecule has 1 aromatic heterocycles. The van der Waals surface area contributed by atoms with Crippen molar-refractivity contribution in [1.29, 1.82) is 0 Å². The Kier molecular flexibility index (Phi) is 4.79. The van der Waals surface area contributed by atoms with Crippen molar-refractivity contribution in [2.75, 3.05) is 32.1 Å². The van der Waals surface area contributed by atoms with Crippen molar-refractivity contribution in [3.63, 3.8) is 0 Å². The lowest BCUT2D eigenvalue weighted by molar-refractivity contribution is 0.203. The topological polar surface area (TPSA) is 67.6 Å². The maximum Gasteiger partial charge on any atom is 0.323 e. The summed E-state index contributed by atoms with van der Waals surface area (Å²) in [6.07, 6.45) is 2.88. The smallest absolute Gasteiger partial charge is 0.323 e. The van der Waals surface area contributed by atoms with Gasteiger partial charge in [-0.25, -0.2) is 4.79 Å². The second kappa shape index (κ2) is 6.56. The molecule has 0 fully saturated rings. The molecule has 0 unspecified atom stereocenters. The number of methoxy groups -OCH3 is 1. The van der Waals surface area contributed by atoms with E-state index in [0.717, 1.165) is 12.2 Å². The first kappa shape index (κ1) is 14.6. The van der Waals surface area contributed by atoms with E-state index < -0.39 is 0 Å². The molecule has 1 N–H and O–H groups in total. The highest BCUT2D eigenvalue weighted by molar-refractivity contribution is 5.88. The summed E-state index contributed by atoms with van der Waals surface area (Å²) in [6.45, 7) is 5.95. The van der Waals surface area contributed by atoms with E-state index in [9.17, 15) is 4.79 Å². The first-order chi connectivity index (χ1) is 9.60. The number of amides is 2. The van der Waals surface area contributed by atoms with Crippen LogP contribution in [0.5, 0.6) is 0 Å². The van der Waals surface area contributed by atoms with Gasteiger partial charge in [-0.2, -0.15) is 0 Å². The average molecular weight is 279 g/mol. The molecule has 110 valence electrons. The molecule has 1 aromatic rings. The summed E-state index contributed by atoms with van der Waals surface area (Å²) in [5.41, 5.74) is 1.24. The SMILES string of the molecule is COCC1=CCN(C(=O)Nc2cc(C(C)C)on2)CC1. The lowest BCUT2D eigenvalue weighted by Gasteiger charge is -2.26. The van der Waals surface area contributed by atoms with Crippen LogP contribution >= 0.6 is 0 Å². The van der Waals surface area contributed by atoms with Gasteiger partial charge in [0.25, 0.3) is 0 Å². The van der Waals surface area contributed by atoms with E-state index >= 15 is 0 Å². The highest BCUT2D eigenvalue weighted by Gasteiger charge is 2.18. The molecule has 0 aromatic carbocycles. The molecule has 1 aliphatic rings. The van der Waals surface area contributed by atoms with E-state index in [1.165, 1.54) is 5.57 Å². The van der Waals surface area contributed by atoms with Crippen LogP contribution in [0, 0.1) is 0 Å². The van der Waals surface area contributed by atoms with E-state index in [4.69, 9.17) is 9.26 Å². The molecular formula is C14H21N3O3. The second-order valence-corrected chi connectivity index (χ2v) is 5.19. The Bertz CT molecular complexity index is 494. The van der Waals surface area contributed by atoms with Gasteiger partial charge in [-0.1, -0.05) is 25.1 Å². The van der Waals surface area contributed by atoms with Gasteiger partial charge in [-0.15, -0.1) is 0 Å². The molecule has 6 heteroatoms. The van der Waals surface area contributed by atoms with Crippen LogP contribution in [0.3, 0.4) is 0 Å². The Balaban J connectivity index is 1.89. The van der Waals surface area contributed by atoms with Gasteiger partial charge in [0, 0.05) is 32.2 Å². The number of ether oxygens (including phenoxy) is 1. The van der Waals surface area contributed by atoms with Gasteiger partial charge >= 0.3 is 6.03 Å². The largest absolute Gasteiger partial charge is 0.380 e. The van der Waals surface area contributed by atoms with Crippen LogP contribution in [-0.4, -0.2) is 42.9 Å². The van der Waals surface area contributed by atoms with E-state index in [1.54, 1.807) is 18.1 Å². The number of nitrogens with zero attached hydrogens (tertiary/aromatic N) is 2. The Labute approximate surface area is 118 Å². The molecule has 0 spiro atoms. The zero-order chi connectivity index (χ0) is 14.5. The molecule has 0 radical (unpaired) electrons. The Morgan fingerprint density at radius 3 is 2.95 bits per heavy atom. The van der Waals surface area contributed by atoms with Gasteiger partial charge in [-0.05, 0) is 12.0 Å². The lowest BCUT2D eigenvalue weighted by atomic mass is 10.1. The van der Waals surface area contributed by atoms with Crippen LogP contribution in [0.4, 0.5) is 10.6 Å².